The Balaban J connectivity index is 1.70. The molecular formula is C21H28N2O4. The van der Waals surface area contributed by atoms with E-state index < -0.39 is 5.60 Å². The number of aromatic nitrogens is 1. The SMILES string of the molecule is COc1ccccc1Cc1cnc(C2CCCN(C(=O)C(C)(C)OC)C2)o1. The molecule has 2 aromatic rings. The van der Waals surface area contributed by atoms with Crippen molar-refractivity contribution in [1.29, 1.82) is 0 Å². The van der Waals surface area contributed by atoms with E-state index in [1.165, 1.54) is 0 Å². The van der Waals surface area contributed by atoms with Crippen LogP contribution >= 0.6 is 0 Å². The van der Waals surface area contributed by atoms with Crippen molar-refractivity contribution in [2.45, 2.75) is 44.6 Å². The predicted molar refractivity (Wildman–Crippen MR) is 102 cm³/mol. The summed E-state index contributed by atoms with van der Waals surface area (Å²) in [6.07, 6.45) is 4.30. The van der Waals surface area contributed by atoms with Gasteiger partial charge in [-0.25, -0.2) is 4.98 Å². The van der Waals surface area contributed by atoms with E-state index in [-0.39, 0.29) is 11.8 Å². The molecule has 0 radical (unpaired) electrons. The summed E-state index contributed by atoms with van der Waals surface area (Å²) in [5, 5.41) is 0. The largest absolute Gasteiger partial charge is 0.496 e. The van der Waals surface area contributed by atoms with Crippen molar-refractivity contribution >= 4 is 5.91 Å². The molecule has 1 aromatic heterocycles. The highest BCUT2D eigenvalue weighted by Gasteiger charge is 2.35. The molecule has 6 heteroatoms. The van der Waals surface area contributed by atoms with Crippen LogP contribution in [-0.2, 0) is 16.0 Å². The van der Waals surface area contributed by atoms with Gasteiger partial charge in [0.15, 0.2) is 5.89 Å². The Morgan fingerprint density at radius 3 is 2.85 bits per heavy atom. The van der Waals surface area contributed by atoms with Crippen molar-refractivity contribution < 1.29 is 18.7 Å². The number of ether oxygens (including phenoxy) is 2. The first-order valence-corrected chi connectivity index (χ1v) is 9.35. The second kappa shape index (κ2) is 8.13. The van der Waals surface area contributed by atoms with E-state index in [1.807, 2.05) is 29.2 Å². The van der Waals surface area contributed by atoms with E-state index in [4.69, 9.17) is 13.9 Å². The molecule has 0 bridgehead atoms. The Hall–Kier alpha value is -2.34. The zero-order chi connectivity index (χ0) is 19.4. The van der Waals surface area contributed by atoms with E-state index in [0.717, 1.165) is 36.5 Å². The fraction of sp³-hybridized carbons (Fsp3) is 0.524. The molecular weight excluding hydrogens is 344 g/mol. The number of para-hydroxylation sites is 1. The fourth-order valence-electron chi connectivity index (χ4n) is 3.46. The second-order valence-corrected chi connectivity index (χ2v) is 7.46. The number of hydrogen-bond donors (Lipinski definition) is 0. The number of rotatable bonds is 6. The van der Waals surface area contributed by atoms with Crippen molar-refractivity contribution in [3.05, 3.63) is 47.7 Å². The molecule has 1 unspecified atom stereocenters. The van der Waals surface area contributed by atoms with Crippen LogP contribution in [-0.4, -0.2) is 48.7 Å². The summed E-state index contributed by atoms with van der Waals surface area (Å²) in [7, 11) is 3.23. The van der Waals surface area contributed by atoms with Crippen molar-refractivity contribution in [3.63, 3.8) is 0 Å². The van der Waals surface area contributed by atoms with Crippen LogP contribution in [0.2, 0.25) is 0 Å². The summed E-state index contributed by atoms with van der Waals surface area (Å²) >= 11 is 0. The van der Waals surface area contributed by atoms with Gasteiger partial charge < -0.3 is 18.8 Å². The third-order valence-corrected chi connectivity index (χ3v) is 5.21. The van der Waals surface area contributed by atoms with E-state index >= 15 is 0 Å². The zero-order valence-corrected chi connectivity index (χ0v) is 16.5. The van der Waals surface area contributed by atoms with Crippen LogP contribution in [0.25, 0.3) is 0 Å². The van der Waals surface area contributed by atoms with Gasteiger partial charge in [0.2, 0.25) is 0 Å². The normalized spacial score (nSPS) is 17.8. The molecule has 146 valence electrons. The molecule has 1 aliphatic heterocycles. The predicted octanol–water partition coefficient (Wildman–Crippen LogP) is 3.41. The maximum atomic E-state index is 12.7. The Kier molecular flexibility index (Phi) is 5.85. The first-order chi connectivity index (χ1) is 12.9. The van der Waals surface area contributed by atoms with Gasteiger partial charge in [-0.3, -0.25) is 4.79 Å². The smallest absolute Gasteiger partial charge is 0.254 e. The van der Waals surface area contributed by atoms with Gasteiger partial charge in [0.1, 0.15) is 17.1 Å². The fourth-order valence-corrected chi connectivity index (χ4v) is 3.46. The van der Waals surface area contributed by atoms with Crippen LogP contribution < -0.4 is 4.74 Å². The lowest BCUT2D eigenvalue weighted by molar-refractivity contribution is -0.152. The summed E-state index contributed by atoms with van der Waals surface area (Å²) in [5.41, 5.74) is 0.248. The van der Waals surface area contributed by atoms with Crippen molar-refractivity contribution in [3.8, 4) is 5.75 Å². The molecule has 0 aliphatic carbocycles. The molecule has 0 N–H and O–H groups in total. The van der Waals surface area contributed by atoms with Gasteiger partial charge in [-0.2, -0.15) is 0 Å². The number of oxazole rings is 1. The molecule has 0 spiro atoms. The Labute approximate surface area is 160 Å². The first kappa shape index (κ1) is 19.4. The third kappa shape index (κ3) is 4.33. The molecule has 1 atom stereocenters. The average molecular weight is 372 g/mol. The van der Waals surface area contributed by atoms with Crippen molar-refractivity contribution in [2.24, 2.45) is 0 Å². The zero-order valence-electron chi connectivity index (χ0n) is 16.5. The molecule has 1 aromatic carbocycles. The molecule has 1 aliphatic rings. The minimum absolute atomic E-state index is 0.00972. The number of likely N-dealkylation sites (tertiary alicyclic amines) is 1. The van der Waals surface area contributed by atoms with Crippen LogP contribution in [0.4, 0.5) is 0 Å². The Morgan fingerprint density at radius 2 is 2.11 bits per heavy atom. The topological polar surface area (TPSA) is 64.8 Å². The maximum absolute atomic E-state index is 12.7. The highest BCUT2D eigenvalue weighted by molar-refractivity contribution is 5.84. The van der Waals surface area contributed by atoms with Crippen LogP contribution in [0.15, 0.2) is 34.9 Å². The maximum Gasteiger partial charge on any atom is 0.254 e. The summed E-state index contributed by atoms with van der Waals surface area (Å²) < 4.78 is 16.8. The van der Waals surface area contributed by atoms with Crippen LogP contribution in [0.5, 0.6) is 5.75 Å². The van der Waals surface area contributed by atoms with Crippen molar-refractivity contribution in [1.82, 2.24) is 9.88 Å². The molecule has 1 saturated heterocycles. The minimum atomic E-state index is -0.812. The van der Waals surface area contributed by atoms with Gasteiger partial charge in [0.25, 0.3) is 5.91 Å². The lowest BCUT2D eigenvalue weighted by atomic mass is 9.96. The van der Waals surface area contributed by atoms with Gasteiger partial charge >= 0.3 is 0 Å². The van der Waals surface area contributed by atoms with Crippen LogP contribution in [0.3, 0.4) is 0 Å². The number of carbonyl (C=O) groups is 1. The molecule has 2 heterocycles. The second-order valence-electron chi connectivity index (χ2n) is 7.46. The Bertz CT molecular complexity index is 784. The van der Waals surface area contributed by atoms with E-state index in [0.29, 0.717) is 18.9 Å². The number of amides is 1. The van der Waals surface area contributed by atoms with Crippen LogP contribution in [0, 0.1) is 0 Å². The number of benzene rings is 1. The van der Waals surface area contributed by atoms with E-state index in [1.54, 1.807) is 34.3 Å². The lowest BCUT2D eigenvalue weighted by Gasteiger charge is -2.36. The first-order valence-electron chi connectivity index (χ1n) is 9.35. The molecule has 1 amide bonds. The van der Waals surface area contributed by atoms with E-state index in [9.17, 15) is 4.79 Å². The van der Waals surface area contributed by atoms with Gasteiger partial charge in [-0.1, -0.05) is 18.2 Å². The monoisotopic (exact) mass is 372 g/mol. The molecule has 1 fully saturated rings. The van der Waals surface area contributed by atoms with E-state index in [2.05, 4.69) is 4.98 Å². The number of piperidine rings is 1. The molecule has 3 rings (SSSR count). The summed E-state index contributed by atoms with van der Waals surface area (Å²) in [4.78, 5) is 19.0. The standard InChI is InChI=1S/C21H28N2O4/c1-21(2,26-4)20(24)23-11-7-9-16(14-23)19-22-13-17(27-19)12-15-8-5-6-10-18(15)25-3/h5-6,8,10,13,16H,7,9,11-12,14H2,1-4H3. The minimum Gasteiger partial charge on any atom is -0.496 e. The molecule has 27 heavy (non-hydrogen) atoms. The highest BCUT2D eigenvalue weighted by atomic mass is 16.5. The van der Waals surface area contributed by atoms with Crippen molar-refractivity contribution in [2.75, 3.05) is 27.3 Å². The van der Waals surface area contributed by atoms with Gasteiger partial charge in [0, 0.05) is 32.2 Å². The summed E-state index contributed by atoms with van der Waals surface area (Å²) in [6, 6.07) is 7.89. The molecule has 6 nitrogen and oxygen atoms in total. The summed E-state index contributed by atoms with van der Waals surface area (Å²) in [6.45, 7) is 4.96. The Morgan fingerprint density at radius 1 is 1.33 bits per heavy atom. The summed E-state index contributed by atoms with van der Waals surface area (Å²) in [5.74, 6) is 2.46. The highest BCUT2D eigenvalue weighted by Crippen LogP contribution is 2.29. The number of methoxy groups -OCH3 is 2. The number of nitrogens with zero attached hydrogens (tertiary/aromatic N) is 2. The third-order valence-electron chi connectivity index (χ3n) is 5.21. The van der Waals surface area contributed by atoms with Gasteiger partial charge in [-0.05, 0) is 32.8 Å². The quantitative estimate of drug-likeness (QED) is 0.777. The van der Waals surface area contributed by atoms with Crippen LogP contribution in [0.1, 0.15) is 49.8 Å². The van der Waals surface area contributed by atoms with Gasteiger partial charge in [0.05, 0.1) is 19.2 Å². The van der Waals surface area contributed by atoms with Gasteiger partial charge in [-0.15, -0.1) is 0 Å². The molecule has 0 saturated carbocycles. The number of carbonyl (C=O) groups excluding carboxylic acids is 1. The number of hydrogen-bond acceptors (Lipinski definition) is 5. The lowest BCUT2D eigenvalue weighted by Crippen LogP contribution is -2.49. The average Bonchev–Trinajstić information content (AvgIpc) is 3.16.